The van der Waals surface area contributed by atoms with Gasteiger partial charge in [0.05, 0.1) is 5.60 Å². The van der Waals surface area contributed by atoms with E-state index in [0.29, 0.717) is 12.8 Å². The van der Waals surface area contributed by atoms with Crippen LogP contribution < -0.4 is 0 Å². The van der Waals surface area contributed by atoms with Gasteiger partial charge in [0.25, 0.3) is 0 Å². The monoisotopic (exact) mass is 180 g/mol. The van der Waals surface area contributed by atoms with Gasteiger partial charge in [0, 0.05) is 6.61 Å². The number of hydrogen-bond acceptors (Lipinski definition) is 2. The molecule has 2 N–H and O–H groups in total. The normalized spacial score (nSPS) is 15.3. The van der Waals surface area contributed by atoms with Crippen LogP contribution in [0.1, 0.15) is 25.3 Å². The lowest BCUT2D eigenvalue weighted by molar-refractivity contribution is 0.0403. The summed E-state index contributed by atoms with van der Waals surface area (Å²) in [4.78, 5) is 0. The van der Waals surface area contributed by atoms with Gasteiger partial charge >= 0.3 is 0 Å². The number of aliphatic hydroxyl groups excluding tert-OH is 1. The Bertz CT molecular complexity index is 242. The number of hydrogen-bond donors (Lipinski definition) is 2. The summed E-state index contributed by atoms with van der Waals surface area (Å²) >= 11 is 0. The van der Waals surface area contributed by atoms with Gasteiger partial charge in [-0.2, -0.15) is 0 Å². The van der Waals surface area contributed by atoms with Crippen LogP contribution in [-0.2, 0) is 5.60 Å². The second-order valence-electron chi connectivity index (χ2n) is 3.47. The van der Waals surface area contributed by atoms with Crippen LogP contribution in [0.3, 0.4) is 0 Å². The molecule has 13 heavy (non-hydrogen) atoms. The minimum absolute atomic E-state index is 0.128. The zero-order valence-electron chi connectivity index (χ0n) is 7.90. The smallest absolute Gasteiger partial charge is 0.0869 e. The molecule has 1 aromatic carbocycles. The minimum Gasteiger partial charge on any atom is -0.396 e. The molecule has 2 heteroatoms. The van der Waals surface area contributed by atoms with Crippen LogP contribution in [0.4, 0.5) is 0 Å². The lowest BCUT2D eigenvalue weighted by Gasteiger charge is -2.23. The van der Waals surface area contributed by atoms with Gasteiger partial charge in [0.15, 0.2) is 0 Å². The zero-order chi connectivity index (χ0) is 9.73. The predicted molar refractivity (Wildman–Crippen MR) is 52.3 cm³/mol. The van der Waals surface area contributed by atoms with Crippen LogP contribution in [0.15, 0.2) is 30.3 Å². The maximum Gasteiger partial charge on any atom is 0.0869 e. The summed E-state index contributed by atoms with van der Waals surface area (Å²) in [6.45, 7) is 1.90. The van der Waals surface area contributed by atoms with Crippen molar-refractivity contribution in [1.82, 2.24) is 0 Å². The maximum absolute atomic E-state index is 10.0. The Balaban J connectivity index is 2.69. The highest BCUT2D eigenvalue weighted by Gasteiger charge is 2.21. The molecule has 1 unspecified atom stereocenters. The van der Waals surface area contributed by atoms with Crippen molar-refractivity contribution in [3.05, 3.63) is 35.9 Å². The molecular formula is C11H16O2. The summed E-state index contributed by atoms with van der Waals surface area (Å²) in [5.41, 5.74) is 0.0905. The molecule has 1 aromatic rings. The fourth-order valence-electron chi connectivity index (χ4n) is 1.36. The predicted octanol–water partition coefficient (Wildman–Crippen LogP) is 1.67. The van der Waals surface area contributed by atoms with Gasteiger partial charge in [-0.25, -0.2) is 0 Å². The molecule has 1 rings (SSSR count). The average Bonchev–Trinajstić information content (AvgIpc) is 2.16. The molecular weight excluding hydrogens is 164 g/mol. The van der Waals surface area contributed by atoms with E-state index in [-0.39, 0.29) is 6.61 Å². The summed E-state index contributed by atoms with van der Waals surface area (Å²) in [6.07, 6.45) is 1.22. The van der Waals surface area contributed by atoms with E-state index >= 15 is 0 Å². The number of rotatable bonds is 4. The summed E-state index contributed by atoms with van der Waals surface area (Å²) in [7, 11) is 0. The van der Waals surface area contributed by atoms with Crippen LogP contribution >= 0.6 is 0 Å². The van der Waals surface area contributed by atoms with Gasteiger partial charge in [-0.15, -0.1) is 0 Å². The lowest BCUT2D eigenvalue weighted by atomic mass is 9.91. The third kappa shape index (κ3) is 2.83. The highest BCUT2D eigenvalue weighted by atomic mass is 16.3. The summed E-state index contributed by atoms with van der Waals surface area (Å²) in [5, 5.41) is 18.7. The summed E-state index contributed by atoms with van der Waals surface area (Å²) in [5.74, 6) is 0. The van der Waals surface area contributed by atoms with E-state index in [0.717, 1.165) is 5.56 Å². The molecule has 72 valence electrons. The highest BCUT2D eigenvalue weighted by molar-refractivity contribution is 5.21. The van der Waals surface area contributed by atoms with Crippen LogP contribution in [-0.4, -0.2) is 16.8 Å². The molecule has 2 nitrogen and oxygen atoms in total. The second kappa shape index (κ2) is 4.40. The first kappa shape index (κ1) is 10.2. The molecule has 0 spiro atoms. The third-order valence-corrected chi connectivity index (χ3v) is 2.22. The second-order valence-corrected chi connectivity index (χ2v) is 3.47. The fourth-order valence-corrected chi connectivity index (χ4v) is 1.36. The quantitative estimate of drug-likeness (QED) is 0.740. The van der Waals surface area contributed by atoms with E-state index < -0.39 is 5.60 Å². The summed E-state index contributed by atoms with van der Waals surface area (Å²) in [6, 6.07) is 9.53. The molecule has 0 aliphatic heterocycles. The molecule has 0 radical (unpaired) electrons. The van der Waals surface area contributed by atoms with E-state index in [1.165, 1.54) is 0 Å². The first-order chi connectivity index (χ1) is 6.17. The Morgan fingerprint density at radius 1 is 1.23 bits per heavy atom. The van der Waals surface area contributed by atoms with Gasteiger partial charge in [-0.05, 0) is 25.3 Å². The topological polar surface area (TPSA) is 40.5 Å². The average molecular weight is 180 g/mol. The van der Waals surface area contributed by atoms with Crippen molar-refractivity contribution in [3.8, 4) is 0 Å². The van der Waals surface area contributed by atoms with Crippen LogP contribution in [0.25, 0.3) is 0 Å². The van der Waals surface area contributed by atoms with Crippen molar-refractivity contribution in [2.45, 2.75) is 25.4 Å². The van der Waals surface area contributed by atoms with Crippen molar-refractivity contribution < 1.29 is 10.2 Å². The molecule has 0 aliphatic carbocycles. The number of aliphatic hydroxyl groups is 2. The van der Waals surface area contributed by atoms with Crippen molar-refractivity contribution in [3.63, 3.8) is 0 Å². The first-order valence-corrected chi connectivity index (χ1v) is 4.55. The fraction of sp³-hybridized carbons (Fsp3) is 0.455. The van der Waals surface area contributed by atoms with Crippen LogP contribution in [0.2, 0.25) is 0 Å². The molecule has 0 aliphatic rings. The Morgan fingerprint density at radius 3 is 2.38 bits per heavy atom. The van der Waals surface area contributed by atoms with Gasteiger partial charge < -0.3 is 10.2 Å². The van der Waals surface area contributed by atoms with Gasteiger partial charge in [-0.1, -0.05) is 30.3 Å². The number of benzene rings is 1. The van der Waals surface area contributed by atoms with Crippen molar-refractivity contribution in [1.29, 1.82) is 0 Å². The van der Waals surface area contributed by atoms with E-state index in [1.807, 2.05) is 30.3 Å². The third-order valence-electron chi connectivity index (χ3n) is 2.22. The molecule has 0 fully saturated rings. The van der Waals surface area contributed by atoms with E-state index in [4.69, 9.17) is 5.11 Å². The van der Waals surface area contributed by atoms with E-state index in [9.17, 15) is 5.11 Å². The Hall–Kier alpha value is -0.860. The Kier molecular flexibility index (Phi) is 3.46. The van der Waals surface area contributed by atoms with Gasteiger partial charge in [0.1, 0.15) is 0 Å². The van der Waals surface area contributed by atoms with Crippen LogP contribution in [0.5, 0.6) is 0 Å². The van der Waals surface area contributed by atoms with E-state index in [2.05, 4.69) is 0 Å². The van der Waals surface area contributed by atoms with Gasteiger partial charge in [-0.3, -0.25) is 0 Å². The standard InChI is InChI=1S/C11H16O2/c1-11(13,8-5-9-12)10-6-3-2-4-7-10/h2-4,6-7,12-13H,5,8-9H2,1H3. The van der Waals surface area contributed by atoms with Crippen LogP contribution in [0, 0.1) is 0 Å². The Labute approximate surface area is 78.8 Å². The highest BCUT2D eigenvalue weighted by Crippen LogP contribution is 2.24. The molecule has 0 bridgehead atoms. The Morgan fingerprint density at radius 2 is 1.85 bits per heavy atom. The van der Waals surface area contributed by atoms with Gasteiger partial charge in [0.2, 0.25) is 0 Å². The molecule has 0 heterocycles. The molecule has 1 atom stereocenters. The molecule has 0 saturated heterocycles. The lowest BCUT2D eigenvalue weighted by Crippen LogP contribution is -2.21. The minimum atomic E-state index is -0.815. The zero-order valence-corrected chi connectivity index (χ0v) is 7.90. The summed E-state index contributed by atoms with van der Waals surface area (Å²) < 4.78 is 0. The van der Waals surface area contributed by atoms with Crippen molar-refractivity contribution in [2.24, 2.45) is 0 Å². The van der Waals surface area contributed by atoms with Crippen molar-refractivity contribution in [2.75, 3.05) is 6.61 Å². The maximum atomic E-state index is 10.0. The molecule has 0 aromatic heterocycles. The molecule has 0 amide bonds. The van der Waals surface area contributed by atoms with Crippen molar-refractivity contribution >= 4 is 0 Å². The first-order valence-electron chi connectivity index (χ1n) is 4.55. The molecule has 0 saturated carbocycles. The largest absolute Gasteiger partial charge is 0.396 e. The SMILES string of the molecule is CC(O)(CCCO)c1ccccc1. The van der Waals surface area contributed by atoms with E-state index in [1.54, 1.807) is 6.92 Å².